The fraction of sp³-hybridized carbons (Fsp3) is 0.375. The molecule has 0 saturated heterocycles. The average molecular weight is 285 g/mol. The van der Waals surface area contributed by atoms with Gasteiger partial charge in [0, 0.05) is 17.5 Å². The topological polar surface area (TPSA) is 77.1 Å². The zero-order valence-corrected chi connectivity index (χ0v) is 11.8. The van der Waals surface area contributed by atoms with E-state index in [9.17, 15) is 9.59 Å². The standard InChI is InChI=1S/C16H19N3O2/c17-18-16(21)14-10-15(20)12-8-4-5-9-13(12)19(14)11-6-2-1-3-7-11/h4-5,8-11H,1-3,6-7,17H2,(H,18,21). The largest absolute Gasteiger partial charge is 0.333 e. The average Bonchev–Trinajstić information content (AvgIpc) is 2.55. The summed E-state index contributed by atoms with van der Waals surface area (Å²) in [4.78, 5) is 24.3. The van der Waals surface area contributed by atoms with Gasteiger partial charge < -0.3 is 4.57 Å². The summed E-state index contributed by atoms with van der Waals surface area (Å²) < 4.78 is 2.00. The summed E-state index contributed by atoms with van der Waals surface area (Å²) in [5.41, 5.74) is 3.18. The molecule has 0 atom stereocenters. The third kappa shape index (κ3) is 2.45. The van der Waals surface area contributed by atoms with Crippen molar-refractivity contribution in [3.63, 3.8) is 0 Å². The van der Waals surface area contributed by atoms with Crippen molar-refractivity contribution in [2.24, 2.45) is 5.84 Å². The Morgan fingerprint density at radius 2 is 1.90 bits per heavy atom. The quantitative estimate of drug-likeness (QED) is 0.504. The lowest BCUT2D eigenvalue weighted by atomic mass is 9.94. The number of aromatic nitrogens is 1. The number of hydrogen-bond acceptors (Lipinski definition) is 3. The monoisotopic (exact) mass is 285 g/mol. The zero-order valence-electron chi connectivity index (χ0n) is 11.8. The van der Waals surface area contributed by atoms with Crippen LogP contribution in [-0.4, -0.2) is 10.5 Å². The molecule has 3 rings (SSSR count). The molecule has 110 valence electrons. The first-order valence-electron chi connectivity index (χ1n) is 7.37. The van der Waals surface area contributed by atoms with Crippen molar-refractivity contribution in [1.29, 1.82) is 0 Å². The van der Waals surface area contributed by atoms with Gasteiger partial charge in [-0.05, 0) is 25.0 Å². The van der Waals surface area contributed by atoms with Gasteiger partial charge in [-0.1, -0.05) is 31.4 Å². The van der Waals surface area contributed by atoms with Gasteiger partial charge in [-0.3, -0.25) is 15.0 Å². The van der Waals surface area contributed by atoms with Gasteiger partial charge in [0.1, 0.15) is 5.69 Å². The van der Waals surface area contributed by atoms with E-state index in [1.807, 2.05) is 22.8 Å². The first kappa shape index (κ1) is 13.8. The molecule has 1 fully saturated rings. The maximum Gasteiger partial charge on any atom is 0.281 e. The lowest BCUT2D eigenvalue weighted by Crippen LogP contribution is -2.35. The Labute approximate surface area is 122 Å². The lowest BCUT2D eigenvalue weighted by Gasteiger charge is -2.28. The Morgan fingerprint density at radius 1 is 1.19 bits per heavy atom. The number of fused-ring (bicyclic) bond motifs is 1. The van der Waals surface area contributed by atoms with Gasteiger partial charge in [-0.25, -0.2) is 5.84 Å². The number of nitrogens with two attached hydrogens (primary N) is 1. The van der Waals surface area contributed by atoms with Crippen LogP contribution < -0.4 is 16.7 Å². The molecule has 3 N–H and O–H groups in total. The van der Waals surface area contributed by atoms with Gasteiger partial charge >= 0.3 is 0 Å². The Hall–Kier alpha value is -2.14. The number of nitrogens with zero attached hydrogens (tertiary/aromatic N) is 1. The van der Waals surface area contributed by atoms with Crippen molar-refractivity contribution in [2.45, 2.75) is 38.1 Å². The van der Waals surface area contributed by atoms with Crippen molar-refractivity contribution in [1.82, 2.24) is 9.99 Å². The van der Waals surface area contributed by atoms with Gasteiger partial charge in [0.2, 0.25) is 0 Å². The number of nitrogen functional groups attached to an aromatic ring is 1. The first-order chi connectivity index (χ1) is 10.2. The number of nitrogens with one attached hydrogen (secondary N) is 1. The molecule has 1 saturated carbocycles. The summed E-state index contributed by atoms with van der Waals surface area (Å²) in [5, 5.41) is 0.650. The minimum atomic E-state index is -0.413. The number of carbonyl (C=O) groups excluding carboxylic acids is 1. The highest BCUT2D eigenvalue weighted by Crippen LogP contribution is 2.31. The summed E-state index contributed by atoms with van der Waals surface area (Å²) in [5.74, 6) is 4.87. The van der Waals surface area contributed by atoms with E-state index in [0.29, 0.717) is 11.1 Å². The minimum absolute atomic E-state index is 0.142. The van der Waals surface area contributed by atoms with E-state index in [0.717, 1.165) is 31.2 Å². The van der Waals surface area contributed by atoms with E-state index in [4.69, 9.17) is 5.84 Å². The molecule has 0 unspecified atom stereocenters. The van der Waals surface area contributed by atoms with Gasteiger partial charge in [-0.15, -0.1) is 0 Å². The second-order valence-electron chi connectivity index (χ2n) is 5.55. The van der Waals surface area contributed by atoms with Gasteiger partial charge in [-0.2, -0.15) is 0 Å². The van der Waals surface area contributed by atoms with Crippen LogP contribution in [0.3, 0.4) is 0 Å². The molecule has 1 aliphatic carbocycles. The van der Waals surface area contributed by atoms with E-state index < -0.39 is 5.91 Å². The minimum Gasteiger partial charge on any atom is -0.333 e. The predicted octanol–water partition coefficient (Wildman–Crippen LogP) is 2.11. The van der Waals surface area contributed by atoms with Crippen LogP contribution in [0.4, 0.5) is 0 Å². The maximum atomic E-state index is 12.2. The summed E-state index contributed by atoms with van der Waals surface area (Å²) >= 11 is 0. The van der Waals surface area contributed by atoms with Crippen LogP contribution in [0.2, 0.25) is 0 Å². The van der Waals surface area contributed by atoms with E-state index >= 15 is 0 Å². The predicted molar refractivity (Wildman–Crippen MR) is 82.0 cm³/mol. The molecule has 0 aliphatic heterocycles. The van der Waals surface area contributed by atoms with Crippen LogP contribution >= 0.6 is 0 Å². The number of benzene rings is 1. The molecule has 0 radical (unpaired) electrons. The number of hydrogen-bond donors (Lipinski definition) is 2. The van der Waals surface area contributed by atoms with Crippen molar-refractivity contribution in [3.8, 4) is 0 Å². The normalized spacial score (nSPS) is 16.0. The van der Waals surface area contributed by atoms with E-state index in [2.05, 4.69) is 5.43 Å². The number of carbonyl (C=O) groups is 1. The number of amides is 1. The Kier molecular flexibility index (Phi) is 3.75. The van der Waals surface area contributed by atoms with Crippen molar-refractivity contribution in [2.75, 3.05) is 0 Å². The first-order valence-corrected chi connectivity index (χ1v) is 7.37. The molecule has 1 aromatic carbocycles. The maximum absolute atomic E-state index is 12.2. The van der Waals surface area contributed by atoms with Crippen LogP contribution in [0.25, 0.3) is 10.9 Å². The number of para-hydroxylation sites is 1. The second kappa shape index (κ2) is 5.69. The van der Waals surface area contributed by atoms with Gasteiger partial charge in [0.05, 0.1) is 5.52 Å². The summed E-state index contributed by atoms with van der Waals surface area (Å²) in [7, 11) is 0. The Morgan fingerprint density at radius 3 is 2.62 bits per heavy atom. The summed E-state index contributed by atoms with van der Waals surface area (Å²) in [6, 6.07) is 9.10. The second-order valence-corrected chi connectivity index (χ2v) is 5.55. The lowest BCUT2D eigenvalue weighted by molar-refractivity contribution is 0.0940. The van der Waals surface area contributed by atoms with Crippen LogP contribution in [0.15, 0.2) is 35.1 Å². The highest BCUT2D eigenvalue weighted by atomic mass is 16.2. The highest BCUT2D eigenvalue weighted by Gasteiger charge is 2.22. The molecule has 1 aromatic heterocycles. The smallest absolute Gasteiger partial charge is 0.281 e. The fourth-order valence-electron chi connectivity index (χ4n) is 3.27. The molecule has 5 nitrogen and oxygen atoms in total. The van der Waals surface area contributed by atoms with Crippen LogP contribution in [0.5, 0.6) is 0 Å². The van der Waals surface area contributed by atoms with Crippen molar-refractivity contribution in [3.05, 3.63) is 46.2 Å². The summed E-state index contributed by atoms with van der Waals surface area (Å²) in [6.45, 7) is 0. The zero-order chi connectivity index (χ0) is 14.8. The SMILES string of the molecule is NNC(=O)c1cc(=O)c2ccccc2n1C1CCCCC1. The molecular weight excluding hydrogens is 266 g/mol. The molecule has 2 aromatic rings. The number of hydrazine groups is 1. The molecular formula is C16H19N3O2. The van der Waals surface area contributed by atoms with Crippen LogP contribution in [0.1, 0.15) is 48.6 Å². The molecule has 0 spiro atoms. The summed E-state index contributed by atoms with van der Waals surface area (Å²) in [6.07, 6.45) is 5.58. The van der Waals surface area contributed by atoms with E-state index in [1.165, 1.54) is 12.5 Å². The molecule has 0 bridgehead atoms. The van der Waals surface area contributed by atoms with E-state index in [-0.39, 0.29) is 11.5 Å². The molecule has 1 heterocycles. The van der Waals surface area contributed by atoms with Gasteiger partial charge in [0.15, 0.2) is 5.43 Å². The molecule has 5 heteroatoms. The van der Waals surface area contributed by atoms with E-state index in [1.54, 1.807) is 6.07 Å². The van der Waals surface area contributed by atoms with Crippen LogP contribution in [0, 0.1) is 0 Å². The van der Waals surface area contributed by atoms with Crippen molar-refractivity contribution >= 4 is 16.8 Å². The van der Waals surface area contributed by atoms with Gasteiger partial charge in [0.25, 0.3) is 5.91 Å². The number of pyridine rings is 1. The third-order valence-corrected chi connectivity index (χ3v) is 4.26. The van der Waals surface area contributed by atoms with Crippen LogP contribution in [-0.2, 0) is 0 Å². The number of rotatable bonds is 2. The molecule has 1 amide bonds. The molecule has 1 aliphatic rings. The van der Waals surface area contributed by atoms with Crippen molar-refractivity contribution < 1.29 is 4.79 Å². The Balaban J connectivity index is 2.28. The fourth-order valence-corrected chi connectivity index (χ4v) is 3.27. The Bertz CT molecular complexity index is 730. The highest BCUT2D eigenvalue weighted by molar-refractivity contribution is 5.95. The third-order valence-electron chi connectivity index (χ3n) is 4.26. The molecule has 21 heavy (non-hydrogen) atoms.